The van der Waals surface area contributed by atoms with Crippen molar-refractivity contribution in [3.05, 3.63) is 57.6 Å². The molecule has 0 bridgehead atoms. The number of rotatable bonds is 4. The van der Waals surface area contributed by atoms with Crippen LogP contribution in [-0.4, -0.2) is 27.7 Å². The maximum absolute atomic E-state index is 13.3. The molecule has 24 heavy (non-hydrogen) atoms. The number of carboxylic acids is 1. The van der Waals surface area contributed by atoms with Crippen molar-refractivity contribution in [2.45, 2.75) is 0 Å². The van der Waals surface area contributed by atoms with Crippen LogP contribution in [0.2, 0.25) is 5.02 Å². The smallest absolute Gasteiger partial charge is 0.341 e. The van der Waals surface area contributed by atoms with Gasteiger partial charge in [0, 0.05) is 11.6 Å². The molecule has 0 unspecified atom stereocenters. The van der Waals surface area contributed by atoms with Gasteiger partial charge in [0.25, 0.3) is 5.56 Å². The number of aromatic nitrogens is 2. The number of ether oxygens (including phenoxy) is 1. The predicted octanol–water partition coefficient (Wildman–Crippen LogP) is 2.85. The van der Waals surface area contributed by atoms with E-state index < -0.39 is 24.0 Å². The molecule has 2 N–H and O–H groups in total. The van der Waals surface area contributed by atoms with Crippen LogP contribution in [0.4, 0.5) is 4.39 Å². The maximum atomic E-state index is 13.3. The van der Waals surface area contributed by atoms with Crippen molar-refractivity contribution in [3.63, 3.8) is 0 Å². The van der Waals surface area contributed by atoms with Crippen molar-refractivity contribution >= 4 is 28.5 Å². The second-order valence-corrected chi connectivity index (χ2v) is 5.31. The third kappa shape index (κ3) is 3.21. The van der Waals surface area contributed by atoms with Gasteiger partial charge in [-0.3, -0.25) is 4.79 Å². The summed E-state index contributed by atoms with van der Waals surface area (Å²) >= 11 is 6.05. The van der Waals surface area contributed by atoms with Crippen LogP contribution >= 0.6 is 11.6 Å². The van der Waals surface area contributed by atoms with E-state index in [1.165, 1.54) is 30.3 Å². The summed E-state index contributed by atoms with van der Waals surface area (Å²) in [4.78, 5) is 29.4. The molecule has 0 saturated carbocycles. The average molecular weight is 349 g/mol. The molecule has 0 fully saturated rings. The average Bonchev–Trinajstić information content (AvgIpc) is 2.53. The van der Waals surface area contributed by atoms with Crippen LogP contribution in [0.1, 0.15) is 0 Å². The zero-order valence-corrected chi connectivity index (χ0v) is 12.8. The van der Waals surface area contributed by atoms with Gasteiger partial charge >= 0.3 is 5.97 Å². The van der Waals surface area contributed by atoms with Crippen LogP contribution in [0.25, 0.3) is 22.3 Å². The zero-order chi connectivity index (χ0) is 17.3. The highest BCUT2D eigenvalue weighted by Gasteiger charge is 2.10. The number of nitrogens with zero attached hydrogens (tertiary/aromatic N) is 1. The maximum Gasteiger partial charge on any atom is 0.341 e. The van der Waals surface area contributed by atoms with Crippen LogP contribution in [0, 0.1) is 5.82 Å². The SMILES string of the molecule is O=C(O)COc1ccc(-c2nc3cc(F)ccc3c(=O)[nH]2)cc1Cl. The normalized spacial score (nSPS) is 10.8. The molecule has 0 aliphatic carbocycles. The minimum absolute atomic E-state index is 0.163. The molecule has 2 aromatic carbocycles. The molecule has 6 nitrogen and oxygen atoms in total. The largest absolute Gasteiger partial charge is 0.480 e. The number of aromatic amines is 1. The Kier molecular flexibility index (Phi) is 4.18. The van der Waals surface area contributed by atoms with Crippen molar-refractivity contribution in [1.82, 2.24) is 9.97 Å². The second-order valence-electron chi connectivity index (χ2n) is 4.90. The Morgan fingerprint density at radius 2 is 2.08 bits per heavy atom. The Labute approximate surface area is 139 Å². The number of aliphatic carboxylic acids is 1. The highest BCUT2D eigenvalue weighted by atomic mass is 35.5. The second kappa shape index (κ2) is 6.29. The number of H-pyrrole nitrogens is 1. The van der Waals surface area contributed by atoms with Crippen molar-refractivity contribution in [2.24, 2.45) is 0 Å². The van der Waals surface area contributed by atoms with Gasteiger partial charge < -0.3 is 14.8 Å². The summed E-state index contributed by atoms with van der Waals surface area (Å²) in [6.07, 6.45) is 0. The summed E-state index contributed by atoms with van der Waals surface area (Å²) < 4.78 is 18.4. The number of benzene rings is 2. The molecule has 0 amide bonds. The molecule has 0 aliphatic rings. The van der Waals surface area contributed by atoms with Gasteiger partial charge in [-0.2, -0.15) is 0 Å². The topological polar surface area (TPSA) is 92.3 Å². The molecular weight excluding hydrogens is 339 g/mol. The number of fused-ring (bicyclic) bond motifs is 1. The molecule has 122 valence electrons. The minimum Gasteiger partial charge on any atom is -0.480 e. The van der Waals surface area contributed by atoms with Crippen molar-refractivity contribution < 1.29 is 19.0 Å². The van der Waals surface area contributed by atoms with Crippen LogP contribution < -0.4 is 10.3 Å². The van der Waals surface area contributed by atoms with E-state index in [-0.39, 0.29) is 27.5 Å². The summed E-state index contributed by atoms with van der Waals surface area (Å²) in [5.74, 6) is -1.22. The summed E-state index contributed by atoms with van der Waals surface area (Å²) in [7, 11) is 0. The third-order valence-corrected chi connectivity index (χ3v) is 3.52. The Hall–Kier alpha value is -2.93. The first-order valence-electron chi connectivity index (χ1n) is 6.78. The fourth-order valence-corrected chi connectivity index (χ4v) is 2.39. The van der Waals surface area contributed by atoms with Gasteiger partial charge in [-0.15, -0.1) is 0 Å². The zero-order valence-electron chi connectivity index (χ0n) is 12.0. The summed E-state index contributed by atoms with van der Waals surface area (Å²) in [5, 5.41) is 9.04. The number of nitrogens with one attached hydrogen (secondary N) is 1. The lowest BCUT2D eigenvalue weighted by atomic mass is 10.2. The first-order chi connectivity index (χ1) is 11.4. The van der Waals surface area contributed by atoms with Gasteiger partial charge in [-0.05, 0) is 30.3 Å². The van der Waals surface area contributed by atoms with Crippen molar-refractivity contribution in [3.8, 4) is 17.1 Å². The number of halogens is 2. The number of hydrogen-bond acceptors (Lipinski definition) is 4. The van der Waals surface area contributed by atoms with Gasteiger partial charge in [-0.25, -0.2) is 14.2 Å². The molecule has 0 aliphatic heterocycles. The molecule has 0 atom stereocenters. The van der Waals surface area contributed by atoms with Crippen LogP contribution in [0.5, 0.6) is 5.75 Å². The fourth-order valence-electron chi connectivity index (χ4n) is 2.15. The summed E-state index contributed by atoms with van der Waals surface area (Å²) in [6.45, 7) is -0.524. The molecule has 8 heteroatoms. The van der Waals surface area contributed by atoms with Crippen LogP contribution in [0.3, 0.4) is 0 Å². The highest BCUT2D eigenvalue weighted by Crippen LogP contribution is 2.29. The van der Waals surface area contributed by atoms with Gasteiger partial charge in [0.2, 0.25) is 0 Å². The van der Waals surface area contributed by atoms with E-state index in [2.05, 4.69) is 9.97 Å². The van der Waals surface area contributed by atoms with Crippen molar-refractivity contribution in [2.75, 3.05) is 6.61 Å². The Bertz CT molecular complexity index is 1000. The predicted molar refractivity (Wildman–Crippen MR) is 85.9 cm³/mol. The summed E-state index contributed by atoms with van der Waals surface area (Å²) in [6, 6.07) is 8.21. The van der Waals surface area contributed by atoms with Gasteiger partial charge in [-0.1, -0.05) is 11.6 Å². The molecule has 0 radical (unpaired) electrons. The lowest BCUT2D eigenvalue weighted by molar-refractivity contribution is -0.139. The van der Waals surface area contributed by atoms with E-state index >= 15 is 0 Å². The fraction of sp³-hybridized carbons (Fsp3) is 0.0625. The van der Waals surface area contributed by atoms with Gasteiger partial charge in [0.15, 0.2) is 6.61 Å². The minimum atomic E-state index is -1.13. The number of carboxylic acid groups (broad SMARTS) is 1. The van der Waals surface area contributed by atoms with E-state index in [1.807, 2.05) is 0 Å². The molecule has 3 rings (SSSR count). The highest BCUT2D eigenvalue weighted by molar-refractivity contribution is 6.32. The third-order valence-electron chi connectivity index (χ3n) is 3.23. The van der Waals surface area contributed by atoms with Gasteiger partial charge in [0.05, 0.1) is 15.9 Å². The Morgan fingerprint density at radius 3 is 2.79 bits per heavy atom. The molecule has 1 aromatic heterocycles. The van der Waals surface area contributed by atoms with E-state index in [9.17, 15) is 14.0 Å². The quantitative estimate of drug-likeness (QED) is 0.756. The number of hydrogen-bond donors (Lipinski definition) is 2. The van der Waals surface area contributed by atoms with E-state index in [1.54, 1.807) is 6.07 Å². The first kappa shape index (κ1) is 15.9. The monoisotopic (exact) mass is 348 g/mol. The van der Waals surface area contributed by atoms with Gasteiger partial charge in [0.1, 0.15) is 17.4 Å². The van der Waals surface area contributed by atoms with Crippen molar-refractivity contribution in [1.29, 1.82) is 0 Å². The Morgan fingerprint density at radius 1 is 1.29 bits per heavy atom. The summed E-state index contributed by atoms with van der Waals surface area (Å²) in [5.41, 5.74) is 0.291. The van der Waals surface area contributed by atoms with E-state index in [0.717, 1.165) is 0 Å². The van der Waals surface area contributed by atoms with Crippen LogP contribution in [0.15, 0.2) is 41.2 Å². The van der Waals surface area contributed by atoms with Crippen LogP contribution in [-0.2, 0) is 4.79 Å². The molecule has 0 saturated heterocycles. The van der Waals surface area contributed by atoms with E-state index in [4.69, 9.17) is 21.4 Å². The number of carbonyl (C=O) groups is 1. The lowest BCUT2D eigenvalue weighted by Crippen LogP contribution is -2.10. The van der Waals surface area contributed by atoms with E-state index in [0.29, 0.717) is 5.56 Å². The first-order valence-corrected chi connectivity index (χ1v) is 7.16. The lowest BCUT2D eigenvalue weighted by Gasteiger charge is -2.08. The standard InChI is InChI=1S/C16H10ClFN2O4/c17-11-5-8(1-4-13(11)24-7-14(21)22)15-19-12-6-9(18)2-3-10(12)16(23)20-15/h1-6H,7H2,(H,21,22)(H,19,20,23). The Balaban J connectivity index is 2.02. The molecule has 3 aromatic rings. The molecule has 0 spiro atoms. The molecular formula is C16H10ClFN2O4. The molecule has 1 heterocycles.